The number of thiazole rings is 1. The summed E-state index contributed by atoms with van der Waals surface area (Å²) in [5.74, 6) is 0.807. The Labute approximate surface area is 174 Å². The first kappa shape index (κ1) is 18.3. The second kappa shape index (κ2) is 7.23. The number of rotatable bonds is 4. The van der Waals surface area contributed by atoms with Crippen molar-refractivity contribution in [1.82, 2.24) is 14.4 Å². The number of aromatic nitrogens is 3. The summed E-state index contributed by atoms with van der Waals surface area (Å²) < 4.78 is 12.6. The summed E-state index contributed by atoms with van der Waals surface area (Å²) >= 11 is 1.34. The molecule has 0 unspecified atom stereocenters. The van der Waals surface area contributed by atoms with Crippen LogP contribution in [0.25, 0.3) is 27.3 Å². The number of ether oxygens (including phenoxy) is 1. The number of aryl methyl sites for hydroxylation is 1. The average molecular weight is 417 g/mol. The number of fused-ring (bicyclic) bond motifs is 2. The lowest BCUT2D eigenvalue weighted by Gasteiger charge is -2.09. The number of carbonyl (C=O) groups is 1. The van der Waals surface area contributed by atoms with Gasteiger partial charge in [0.05, 0.1) is 16.8 Å². The predicted octanol–water partition coefficient (Wildman–Crippen LogP) is 4.23. The Morgan fingerprint density at radius 3 is 2.87 bits per heavy atom. The van der Waals surface area contributed by atoms with E-state index in [-0.39, 0.29) is 12.2 Å². The average Bonchev–Trinajstić information content (AvgIpc) is 3.40. The molecule has 5 aromatic rings. The summed E-state index contributed by atoms with van der Waals surface area (Å²) in [7, 11) is 0. The number of hydrogen-bond donors (Lipinski definition) is 0. The Hall–Kier alpha value is -3.78. The lowest BCUT2D eigenvalue weighted by atomic mass is 10.1. The summed E-state index contributed by atoms with van der Waals surface area (Å²) in [5.41, 5.74) is 1.77. The van der Waals surface area contributed by atoms with E-state index in [9.17, 15) is 9.59 Å². The smallest absolute Gasteiger partial charge is 0.339 e. The van der Waals surface area contributed by atoms with Gasteiger partial charge in [0.1, 0.15) is 18.1 Å². The Morgan fingerprint density at radius 2 is 2.03 bits per heavy atom. The maximum Gasteiger partial charge on any atom is 0.339 e. The van der Waals surface area contributed by atoms with Gasteiger partial charge in [-0.05, 0) is 31.2 Å². The van der Waals surface area contributed by atoms with Crippen molar-refractivity contribution in [3.8, 4) is 11.5 Å². The molecule has 0 saturated heterocycles. The van der Waals surface area contributed by atoms with Gasteiger partial charge >= 0.3 is 5.97 Å². The van der Waals surface area contributed by atoms with Gasteiger partial charge in [-0.1, -0.05) is 18.2 Å². The zero-order chi connectivity index (χ0) is 20.7. The lowest BCUT2D eigenvalue weighted by molar-refractivity contribution is 0.0470. The molecule has 5 rings (SSSR count). The van der Waals surface area contributed by atoms with Crippen molar-refractivity contribution in [2.24, 2.45) is 0 Å². The summed E-state index contributed by atoms with van der Waals surface area (Å²) in [6.45, 7) is 1.74. The second-order valence-corrected chi connectivity index (χ2v) is 7.57. The summed E-state index contributed by atoms with van der Waals surface area (Å²) in [4.78, 5) is 34.6. The second-order valence-electron chi connectivity index (χ2n) is 6.70. The fourth-order valence-electron chi connectivity index (χ4n) is 3.22. The minimum absolute atomic E-state index is 0.103. The number of hydrogen-bond acceptors (Lipinski definition) is 7. The Balaban J connectivity index is 1.49. The van der Waals surface area contributed by atoms with Crippen LogP contribution in [0.4, 0.5) is 0 Å². The van der Waals surface area contributed by atoms with E-state index in [1.54, 1.807) is 17.6 Å². The van der Waals surface area contributed by atoms with E-state index in [1.165, 1.54) is 21.8 Å². The molecule has 8 heteroatoms. The van der Waals surface area contributed by atoms with Gasteiger partial charge in [0.2, 0.25) is 0 Å². The van der Waals surface area contributed by atoms with Gasteiger partial charge in [-0.3, -0.25) is 9.20 Å². The summed E-state index contributed by atoms with van der Waals surface area (Å²) in [6.07, 6.45) is 1.66. The number of carbonyl (C=O) groups excluding carboxylic acids is 1. The first-order valence-corrected chi connectivity index (χ1v) is 10.1. The molecule has 0 radical (unpaired) electrons. The van der Waals surface area contributed by atoms with E-state index in [1.807, 2.05) is 43.3 Å². The molecule has 0 fully saturated rings. The molecule has 148 valence electrons. The number of benzene rings is 1. The van der Waals surface area contributed by atoms with Crippen LogP contribution in [-0.2, 0) is 11.3 Å². The minimum atomic E-state index is -0.522. The monoisotopic (exact) mass is 417 g/mol. The highest BCUT2D eigenvalue weighted by atomic mass is 32.1. The minimum Gasteiger partial charge on any atom is -0.460 e. The third kappa shape index (κ3) is 3.27. The molecule has 0 atom stereocenters. The van der Waals surface area contributed by atoms with Crippen molar-refractivity contribution in [1.29, 1.82) is 0 Å². The molecule has 0 aliphatic rings. The molecule has 4 aromatic heterocycles. The van der Waals surface area contributed by atoms with Crippen molar-refractivity contribution in [2.45, 2.75) is 13.5 Å². The molecule has 0 saturated carbocycles. The van der Waals surface area contributed by atoms with Crippen LogP contribution in [0.1, 0.15) is 21.8 Å². The molecule has 0 spiro atoms. The quantitative estimate of drug-likeness (QED) is 0.407. The molecule has 0 bridgehead atoms. The van der Waals surface area contributed by atoms with Crippen LogP contribution in [0.5, 0.6) is 0 Å². The van der Waals surface area contributed by atoms with Crippen molar-refractivity contribution in [3.63, 3.8) is 0 Å². The fraction of sp³-hybridized carbons (Fsp3) is 0.0909. The first-order chi connectivity index (χ1) is 14.6. The van der Waals surface area contributed by atoms with Crippen LogP contribution >= 0.6 is 11.3 Å². The van der Waals surface area contributed by atoms with Crippen molar-refractivity contribution in [2.75, 3.05) is 0 Å². The fourth-order valence-corrected chi connectivity index (χ4v) is 3.96. The van der Waals surface area contributed by atoms with Crippen LogP contribution < -0.4 is 5.56 Å². The maximum atomic E-state index is 12.9. The molecule has 0 N–H and O–H groups in total. The van der Waals surface area contributed by atoms with E-state index in [2.05, 4.69) is 9.97 Å². The highest BCUT2D eigenvalue weighted by Gasteiger charge is 2.17. The van der Waals surface area contributed by atoms with Crippen molar-refractivity contribution >= 4 is 33.2 Å². The van der Waals surface area contributed by atoms with Gasteiger partial charge in [0.15, 0.2) is 10.7 Å². The molecule has 4 heterocycles. The van der Waals surface area contributed by atoms with Crippen LogP contribution in [0.3, 0.4) is 0 Å². The lowest BCUT2D eigenvalue weighted by Crippen LogP contribution is -2.15. The van der Waals surface area contributed by atoms with Crippen molar-refractivity contribution in [3.05, 3.63) is 87.5 Å². The van der Waals surface area contributed by atoms with Gasteiger partial charge in [-0.15, -0.1) is 11.3 Å². The molecule has 1 aromatic carbocycles. The van der Waals surface area contributed by atoms with E-state index < -0.39 is 5.97 Å². The van der Waals surface area contributed by atoms with Gasteiger partial charge in [0, 0.05) is 23.0 Å². The summed E-state index contributed by atoms with van der Waals surface area (Å²) in [6, 6.07) is 14.0. The molecule has 0 amide bonds. The number of esters is 1. The van der Waals surface area contributed by atoms with Crippen LogP contribution in [0.15, 0.2) is 69.3 Å². The number of furan rings is 1. The molecular formula is C22H15N3O4S. The van der Waals surface area contributed by atoms with Crippen molar-refractivity contribution < 1.29 is 13.9 Å². The van der Waals surface area contributed by atoms with Crippen LogP contribution in [0, 0.1) is 6.92 Å². The molecule has 7 nitrogen and oxygen atoms in total. The van der Waals surface area contributed by atoms with Gasteiger partial charge < -0.3 is 9.15 Å². The zero-order valence-electron chi connectivity index (χ0n) is 15.9. The normalized spacial score (nSPS) is 11.2. The predicted molar refractivity (Wildman–Crippen MR) is 113 cm³/mol. The highest BCUT2D eigenvalue weighted by molar-refractivity contribution is 7.15. The van der Waals surface area contributed by atoms with Crippen LogP contribution in [-0.4, -0.2) is 20.3 Å². The van der Waals surface area contributed by atoms with E-state index in [0.717, 1.165) is 5.76 Å². The van der Waals surface area contributed by atoms with Gasteiger partial charge in [-0.2, -0.15) is 0 Å². The third-order valence-electron chi connectivity index (χ3n) is 4.64. The largest absolute Gasteiger partial charge is 0.460 e. The van der Waals surface area contributed by atoms with Gasteiger partial charge in [0.25, 0.3) is 5.56 Å². The molecule has 30 heavy (non-hydrogen) atoms. The molecule has 0 aliphatic heterocycles. The number of para-hydroxylation sites is 1. The number of pyridine rings is 1. The molecule has 0 aliphatic carbocycles. The third-order valence-corrected chi connectivity index (χ3v) is 5.39. The van der Waals surface area contributed by atoms with Gasteiger partial charge in [-0.25, -0.2) is 14.8 Å². The SMILES string of the molecule is Cc1ccc(-c2cc(C(=O)OCc3cc(=O)n4ccsc4n3)c3ccccc3n2)o1. The topological polar surface area (TPSA) is 86.7 Å². The maximum absolute atomic E-state index is 12.9. The Bertz CT molecular complexity index is 1460. The van der Waals surface area contributed by atoms with E-state index >= 15 is 0 Å². The van der Waals surface area contributed by atoms with Crippen LogP contribution in [0.2, 0.25) is 0 Å². The Kier molecular flexibility index (Phi) is 4.40. The highest BCUT2D eigenvalue weighted by Crippen LogP contribution is 2.27. The zero-order valence-corrected chi connectivity index (χ0v) is 16.7. The van der Waals surface area contributed by atoms with E-state index in [0.29, 0.717) is 38.6 Å². The standard InChI is InChI=1S/C22H15N3O4S/c1-13-6-7-19(29-13)18-11-16(15-4-2-3-5-17(15)24-18)21(27)28-12-14-10-20(26)25-8-9-30-22(25)23-14/h2-11H,12H2,1H3. The number of nitrogens with zero attached hydrogens (tertiary/aromatic N) is 3. The first-order valence-electron chi connectivity index (χ1n) is 9.18. The molecular weight excluding hydrogens is 402 g/mol. The van der Waals surface area contributed by atoms with E-state index in [4.69, 9.17) is 9.15 Å². The Morgan fingerprint density at radius 1 is 1.17 bits per heavy atom. The summed E-state index contributed by atoms with van der Waals surface area (Å²) in [5, 5.41) is 2.46.